The lowest BCUT2D eigenvalue weighted by atomic mass is 10.2. The van der Waals surface area contributed by atoms with E-state index < -0.39 is 47.4 Å². The minimum absolute atomic E-state index is 0.0391. The summed E-state index contributed by atoms with van der Waals surface area (Å²) in [7, 11) is 0. The van der Waals surface area contributed by atoms with Crippen molar-refractivity contribution in [1.82, 2.24) is 10.6 Å². The van der Waals surface area contributed by atoms with Gasteiger partial charge in [0.15, 0.2) is 0 Å². The largest absolute Gasteiger partial charge is 0.444 e. The Hall–Kier alpha value is -2.70. The zero-order chi connectivity index (χ0) is 26.4. The Morgan fingerprint density at radius 1 is 0.735 bits per heavy atom. The molecule has 2 amide bonds. The van der Waals surface area contributed by atoms with Crippen LogP contribution in [-0.2, 0) is 28.8 Å². The number of rotatable bonds is 10. The summed E-state index contributed by atoms with van der Waals surface area (Å²) >= 11 is 2.35. The Bertz CT molecular complexity index is 725. The van der Waals surface area contributed by atoms with E-state index in [9.17, 15) is 19.2 Å². The number of amides is 2. The van der Waals surface area contributed by atoms with E-state index in [0.717, 1.165) is 0 Å². The van der Waals surface area contributed by atoms with Gasteiger partial charge in [-0.3, -0.25) is 0 Å². The molecule has 0 aromatic carbocycles. The van der Waals surface area contributed by atoms with Gasteiger partial charge in [0.1, 0.15) is 23.3 Å². The van der Waals surface area contributed by atoms with Gasteiger partial charge in [0.2, 0.25) is 0 Å². The first-order chi connectivity index (χ1) is 15.7. The van der Waals surface area contributed by atoms with Gasteiger partial charge in [0.05, 0.1) is 11.5 Å². The number of hydrogen-bond acceptors (Lipinski definition) is 10. The molecular formula is C22H32N2O8S2. The van der Waals surface area contributed by atoms with Gasteiger partial charge in [0.25, 0.3) is 0 Å². The van der Waals surface area contributed by atoms with Crippen molar-refractivity contribution >= 4 is 47.6 Å². The van der Waals surface area contributed by atoms with Gasteiger partial charge in [-0.1, -0.05) is 11.8 Å². The summed E-state index contributed by atoms with van der Waals surface area (Å²) in [6.45, 7) is 9.95. The number of carbonyl (C=O) groups is 4. The highest BCUT2D eigenvalue weighted by atomic mass is 32.2. The van der Waals surface area contributed by atoms with Crippen LogP contribution in [0.2, 0.25) is 0 Å². The molecule has 0 aliphatic carbocycles. The summed E-state index contributed by atoms with van der Waals surface area (Å²) in [4.78, 5) is 58.3. The van der Waals surface area contributed by atoms with Crippen LogP contribution in [0, 0.1) is 24.7 Å². The molecule has 0 rings (SSSR count). The predicted molar refractivity (Wildman–Crippen MR) is 131 cm³/mol. The smallest absolute Gasteiger partial charge is 0.408 e. The molecule has 190 valence electrons. The van der Waals surface area contributed by atoms with Gasteiger partial charge < -0.3 is 20.1 Å². The van der Waals surface area contributed by atoms with Crippen LogP contribution >= 0.6 is 23.5 Å². The predicted octanol–water partition coefficient (Wildman–Crippen LogP) is 2.51. The maximum atomic E-state index is 12.5. The van der Waals surface area contributed by atoms with Crippen LogP contribution in [0.5, 0.6) is 0 Å². The first-order valence-corrected chi connectivity index (χ1v) is 12.4. The molecule has 0 fully saturated rings. The lowest BCUT2D eigenvalue weighted by Gasteiger charge is -2.23. The van der Waals surface area contributed by atoms with Crippen LogP contribution in [0.4, 0.5) is 9.59 Å². The van der Waals surface area contributed by atoms with Gasteiger partial charge >= 0.3 is 24.1 Å². The highest BCUT2D eigenvalue weighted by Crippen LogP contribution is 2.11. The lowest BCUT2D eigenvalue weighted by Crippen LogP contribution is -2.48. The van der Waals surface area contributed by atoms with Crippen molar-refractivity contribution in [3.05, 3.63) is 0 Å². The van der Waals surface area contributed by atoms with Crippen molar-refractivity contribution in [3.63, 3.8) is 0 Å². The molecule has 0 heterocycles. The average Bonchev–Trinajstić information content (AvgIpc) is 2.67. The Balaban J connectivity index is 5.15. The number of thioether (sulfide) groups is 2. The fourth-order valence-corrected chi connectivity index (χ4v) is 3.29. The fraction of sp³-hybridized carbons (Fsp3) is 0.636. The highest BCUT2D eigenvalue weighted by Gasteiger charge is 2.30. The van der Waals surface area contributed by atoms with Crippen molar-refractivity contribution in [2.24, 2.45) is 0 Å². The topological polar surface area (TPSA) is 129 Å². The highest BCUT2D eigenvalue weighted by molar-refractivity contribution is 7.99. The van der Waals surface area contributed by atoms with Crippen LogP contribution in [-0.4, -0.2) is 70.4 Å². The summed E-state index contributed by atoms with van der Waals surface area (Å²) in [5.74, 6) is 3.28. The van der Waals surface area contributed by atoms with E-state index in [1.54, 1.807) is 41.5 Å². The standard InChI is InChI=1S/C22H32N2O8S2/c1-9-11-33-13-15(23-19(27)29-21(3,4)5)17(25)31-32-18(26)16(14-34-12-10-2)24-20(28)30-22(6,7)8/h1-2,15-16H,11-14H2,3-8H3,(H,23,27)(H,24,28). The number of hydrogen-bond donors (Lipinski definition) is 2. The quantitative estimate of drug-likeness (QED) is 0.193. The SMILES string of the molecule is C#CCSCC(NC(=O)OC(C)(C)C)C(=O)OOC(=O)C(CSCC#C)NC(=O)OC(C)(C)C. The van der Waals surface area contributed by atoms with Crippen LogP contribution in [0.3, 0.4) is 0 Å². The van der Waals surface area contributed by atoms with Crippen molar-refractivity contribution in [2.75, 3.05) is 23.0 Å². The van der Waals surface area contributed by atoms with Gasteiger partial charge in [-0.15, -0.1) is 36.4 Å². The molecule has 0 saturated carbocycles. The van der Waals surface area contributed by atoms with E-state index in [2.05, 4.69) is 32.2 Å². The van der Waals surface area contributed by atoms with Crippen LogP contribution in [0.25, 0.3) is 0 Å². The second-order valence-electron chi connectivity index (χ2n) is 8.64. The third kappa shape index (κ3) is 16.0. The van der Waals surface area contributed by atoms with E-state index in [0.29, 0.717) is 0 Å². The number of terminal acetylenes is 2. The maximum Gasteiger partial charge on any atom is 0.408 e. The molecule has 0 saturated heterocycles. The van der Waals surface area contributed by atoms with Crippen molar-refractivity contribution < 1.29 is 38.4 Å². The lowest BCUT2D eigenvalue weighted by molar-refractivity contribution is -0.261. The molecule has 0 bridgehead atoms. The molecule has 12 heteroatoms. The van der Waals surface area contributed by atoms with E-state index >= 15 is 0 Å². The summed E-state index contributed by atoms with van der Waals surface area (Å²) in [5, 5.41) is 4.71. The van der Waals surface area contributed by atoms with Gasteiger partial charge in [-0.05, 0) is 41.5 Å². The summed E-state index contributed by atoms with van der Waals surface area (Å²) in [5.41, 5.74) is -1.60. The molecule has 0 spiro atoms. The van der Waals surface area contributed by atoms with Crippen molar-refractivity contribution in [3.8, 4) is 24.7 Å². The molecule has 10 nitrogen and oxygen atoms in total. The summed E-state index contributed by atoms with van der Waals surface area (Å²) in [6, 6.07) is -2.43. The number of ether oxygens (including phenoxy) is 2. The first kappa shape index (κ1) is 31.3. The van der Waals surface area contributed by atoms with Gasteiger partial charge in [-0.25, -0.2) is 29.0 Å². The van der Waals surface area contributed by atoms with E-state index in [1.165, 1.54) is 23.5 Å². The Labute approximate surface area is 209 Å². The van der Waals surface area contributed by atoms with E-state index in [1.807, 2.05) is 0 Å². The Kier molecular flexibility index (Phi) is 14.0. The van der Waals surface area contributed by atoms with Crippen molar-refractivity contribution in [2.45, 2.75) is 64.8 Å². The zero-order valence-electron chi connectivity index (χ0n) is 20.2. The molecule has 0 aliphatic rings. The van der Waals surface area contributed by atoms with E-state index in [-0.39, 0.29) is 23.0 Å². The molecule has 0 aromatic heterocycles. The number of carbonyl (C=O) groups excluding carboxylic acids is 4. The molecule has 0 aromatic rings. The molecular weight excluding hydrogens is 484 g/mol. The first-order valence-electron chi connectivity index (χ1n) is 10.1. The monoisotopic (exact) mass is 516 g/mol. The Morgan fingerprint density at radius 2 is 1.06 bits per heavy atom. The number of alkyl carbamates (subject to hydrolysis) is 2. The third-order valence-electron chi connectivity index (χ3n) is 3.10. The van der Waals surface area contributed by atoms with E-state index in [4.69, 9.17) is 22.3 Å². The number of nitrogens with one attached hydrogen (secondary N) is 2. The van der Waals surface area contributed by atoms with Gasteiger partial charge in [0, 0.05) is 11.5 Å². The molecule has 34 heavy (non-hydrogen) atoms. The van der Waals surface area contributed by atoms with Crippen molar-refractivity contribution in [1.29, 1.82) is 0 Å². The molecule has 2 N–H and O–H groups in total. The third-order valence-corrected chi connectivity index (χ3v) is 4.98. The molecule has 0 radical (unpaired) electrons. The second-order valence-corrected chi connectivity index (χ2v) is 10.7. The van der Waals surface area contributed by atoms with Crippen LogP contribution < -0.4 is 10.6 Å². The maximum absolute atomic E-state index is 12.5. The average molecular weight is 517 g/mol. The van der Waals surface area contributed by atoms with Crippen LogP contribution in [0.1, 0.15) is 41.5 Å². The minimum atomic E-state index is -1.21. The van der Waals surface area contributed by atoms with Crippen LogP contribution in [0.15, 0.2) is 0 Å². The summed E-state index contributed by atoms with van der Waals surface area (Å²) < 4.78 is 10.3. The fourth-order valence-electron chi connectivity index (χ4n) is 1.91. The normalized spacial score (nSPS) is 12.7. The molecule has 2 atom stereocenters. The second kappa shape index (κ2) is 15.3. The zero-order valence-corrected chi connectivity index (χ0v) is 21.9. The minimum Gasteiger partial charge on any atom is -0.444 e. The molecule has 2 unspecified atom stereocenters. The summed E-state index contributed by atoms with van der Waals surface area (Å²) in [6.07, 6.45) is 8.69. The molecule has 0 aliphatic heterocycles. The van der Waals surface area contributed by atoms with Gasteiger partial charge in [-0.2, -0.15) is 0 Å². The Morgan fingerprint density at radius 3 is 1.32 bits per heavy atom.